The fraction of sp³-hybridized carbons (Fsp3) is 0.500. The fourth-order valence-electron chi connectivity index (χ4n) is 3.25. The fourth-order valence-corrected chi connectivity index (χ4v) is 4.08. The number of thioether (sulfide) groups is 1. The summed E-state index contributed by atoms with van der Waals surface area (Å²) in [6.07, 6.45) is 1.59. The molecule has 25 heavy (non-hydrogen) atoms. The second kappa shape index (κ2) is 7.47. The Balaban J connectivity index is 1.83. The first kappa shape index (κ1) is 17.8. The Hall–Kier alpha value is -2.02. The molecule has 1 aromatic rings. The third kappa shape index (κ3) is 3.81. The van der Waals surface area contributed by atoms with Gasteiger partial charge in [0.05, 0.1) is 0 Å². The monoisotopic (exact) mass is 361 g/mol. The molecule has 0 bridgehead atoms. The van der Waals surface area contributed by atoms with Crippen molar-refractivity contribution in [3.8, 4) is 0 Å². The van der Waals surface area contributed by atoms with Gasteiger partial charge >= 0.3 is 0 Å². The van der Waals surface area contributed by atoms with E-state index in [1.54, 1.807) is 9.80 Å². The third-order valence-electron chi connectivity index (χ3n) is 4.39. The molecule has 134 valence electrons. The van der Waals surface area contributed by atoms with E-state index in [1.165, 1.54) is 11.8 Å². The van der Waals surface area contributed by atoms with E-state index in [1.807, 2.05) is 32.0 Å². The largest absolute Gasteiger partial charge is 0.350 e. The van der Waals surface area contributed by atoms with E-state index < -0.39 is 0 Å². The summed E-state index contributed by atoms with van der Waals surface area (Å²) >= 11 is 1.25. The molecule has 3 amide bonds. The zero-order chi connectivity index (χ0) is 18.0. The lowest BCUT2D eigenvalue weighted by atomic mass is 9.95. The minimum atomic E-state index is -0.104. The summed E-state index contributed by atoms with van der Waals surface area (Å²) < 4.78 is 0. The van der Waals surface area contributed by atoms with Gasteiger partial charge in [-0.2, -0.15) is 0 Å². The molecule has 1 fully saturated rings. The molecule has 1 N–H and O–H groups in total. The van der Waals surface area contributed by atoms with Crippen LogP contribution in [-0.2, 0) is 11.2 Å². The van der Waals surface area contributed by atoms with E-state index in [0.717, 1.165) is 29.8 Å². The van der Waals surface area contributed by atoms with Crippen LogP contribution in [0.2, 0.25) is 0 Å². The molecule has 0 spiro atoms. The highest BCUT2D eigenvalue weighted by Crippen LogP contribution is 2.30. The smallest absolute Gasteiger partial charge is 0.282 e. The highest BCUT2D eigenvalue weighted by molar-refractivity contribution is 8.13. The van der Waals surface area contributed by atoms with Crippen molar-refractivity contribution in [2.24, 2.45) is 0 Å². The van der Waals surface area contributed by atoms with Crippen molar-refractivity contribution >= 4 is 34.5 Å². The number of carbonyl (C=O) groups is 3. The molecule has 2 heterocycles. The number of rotatable bonds is 4. The molecule has 2 aliphatic rings. The number of hydrogen-bond donors (Lipinski definition) is 1. The zero-order valence-corrected chi connectivity index (χ0v) is 15.4. The van der Waals surface area contributed by atoms with Crippen LogP contribution in [0.1, 0.15) is 36.2 Å². The van der Waals surface area contributed by atoms with Gasteiger partial charge in [0.1, 0.15) is 6.54 Å². The number of nitrogens with zero attached hydrogens (tertiary/aromatic N) is 2. The first-order valence-electron chi connectivity index (χ1n) is 8.62. The van der Waals surface area contributed by atoms with Crippen LogP contribution < -0.4 is 10.2 Å². The molecular formula is C18H23N3O3S. The topological polar surface area (TPSA) is 69.7 Å². The summed E-state index contributed by atoms with van der Waals surface area (Å²) in [4.78, 5) is 40.3. The van der Waals surface area contributed by atoms with E-state index in [9.17, 15) is 14.4 Å². The van der Waals surface area contributed by atoms with Gasteiger partial charge in [-0.25, -0.2) is 0 Å². The average Bonchev–Trinajstić information content (AvgIpc) is 2.97. The molecule has 0 atom stereocenters. The molecule has 6 nitrogen and oxygen atoms in total. The highest BCUT2D eigenvalue weighted by Gasteiger charge is 2.29. The number of fused-ring (bicyclic) bond motifs is 1. The standard InChI is InChI=1S/C18H23N3O3S/c1-12(2)19-17(23)14-5-3-7-15-13(14)6-4-8-21(15)16(22)11-20-9-10-25-18(20)24/h3,5,7,12H,4,6,8-11H2,1-2H3,(H,19,23). The van der Waals surface area contributed by atoms with Crippen LogP contribution in [0.4, 0.5) is 10.5 Å². The van der Waals surface area contributed by atoms with Crippen LogP contribution in [0.25, 0.3) is 0 Å². The van der Waals surface area contributed by atoms with Gasteiger partial charge in [0.25, 0.3) is 11.1 Å². The van der Waals surface area contributed by atoms with Gasteiger partial charge in [0, 0.05) is 36.1 Å². The lowest BCUT2D eigenvalue weighted by molar-refractivity contribution is -0.119. The van der Waals surface area contributed by atoms with Gasteiger partial charge in [0.2, 0.25) is 5.91 Å². The maximum atomic E-state index is 12.7. The van der Waals surface area contributed by atoms with Gasteiger partial charge in [0.15, 0.2) is 0 Å². The first-order valence-corrected chi connectivity index (χ1v) is 9.60. The van der Waals surface area contributed by atoms with E-state index in [-0.39, 0.29) is 29.6 Å². The van der Waals surface area contributed by atoms with Gasteiger partial charge < -0.3 is 15.1 Å². The Morgan fingerprint density at radius 2 is 2.08 bits per heavy atom. The van der Waals surface area contributed by atoms with Gasteiger partial charge in [-0.3, -0.25) is 14.4 Å². The predicted octanol–water partition coefficient (Wildman–Crippen LogP) is 2.27. The molecule has 3 rings (SSSR count). The maximum absolute atomic E-state index is 12.7. The summed E-state index contributed by atoms with van der Waals surface area (Å²) in [5, 5.41) is 2.89. The summed E-state index contributed by atoms with van der Waals surface area (Å²) in [5.74, 6) is 0.549. The van der Waals surface area contributed by atoms with Crippen molar-refractivity contribution in [1.29, 1.82) is 0 Å². The van der Waals surface area contributed by atoms with Gasteiger partial charge in [-0.15, -0.1) is 0 Å². The molecule has 0 radical (unpaired) electrons. The number of carbonyl (C=O) groups excluding carboxylic acids is 3. The van der Waals surface area contributed by atoms with Crippen LogP contribution in [-0.4, -0.2) is 53.4 Å². The van der Waals surface area contributed by atoms with E-state index in [4.69, 9.17) is 0 Å². The lowest BCUT2D eigenvalue weighted by Crippen LogP contribution is -2.43. The molecule has 2 aliphatic heterocycles. The summed E-state index contributed by atoms with van der Waals surface area (Å²) in [5.41, 5.74) is 2.35. The van der Waals surface area contributed by atoms with Crippen LogP contribution in [0.5, 0.6) is 0 Å². The summed E-state index contributed by atoms with van der Waals surface area (Å²) in [7, 11) is 0. The molecule has 0 aliphatic carbocycles. The lowest BCUT2D eigenvalue weighted by Gasteiger charge is -2.32. The number of amides is 3. The number of hydrogen-bond acceptors (Lipinski definition) is 4. The molecule has 0 saturated carbocycles. The van der Waals surface area contributed by atoms with Crippen molar-refractivity contribution in [2.45, 2.75) is 32.7 Å². The SMILES string of the molecule is CC(C)NC(=O)c1cccc2c1CCCN2C(=O)CN1CCSC1=O. The minimum absolute atomic E-state index is 0.0318. The minimum Gasteiger partial charge on any atom is -0.350 e. The van der Waals surface area contributed by atoms with Crippen molar-refractivity contribution < 1.29 is 14.4 Å². The predicted molar refractivity (Wildman–Crippen MR) is 99.1 cm³/mol. The van der Waals surface area contributed by atoms with E-state index >= 15 is 0 Å². The van der Waals surface area contributed by atoms with Gasteiger partial charge in [-0.05, 0) is 44.4 Å². The number of benzene rings is 1. The van der Waals surface area contributed by atoms with Crippen molar-refractivity contribution in [3.63, 3.8) is 0 Å². The van der Waals surface area contributed by atoms with Crippen molar-refractivity contribution in [1.82, 2.24) is 10.2 Å². The molecule has 0 unspecified atom stereocenters. The molecule has 7 heteroatoms. The second-order valence-corrected chi connectivity index (χ2v) is 7.66. The van der Waals surface area contributed by atoms with Crippen LogP contribution >= 0.6 is 11.8 Å². The summed E-state index contributed by atoms with van der Waals surface area (Å²) in [6, 6.07) is 5.57. The molecular weight excluding hydrogens is 338 g/mol. The van der Waals surface area contributed by atoms with Gasteiger partial charge in [-0.1, -0.05) is 17.8 Å². The Morgan fingerprint density at radius 3 is 2.76 bits per heavy atom. The number of anilines is 1. The van der Waals surface area contributed by atoms with Crippen molar-refractivity contribution in [3.05, 3.63) is 29.3 Å². The second-order valence-electron chi connectivity index (χ2n) is 6.62. The Bertz CT molecular complexity index is 705. The Morgan fingerprint density at radius 1 is 1.28 bits per heavy atom. The van der Waals surface area contributed by atoms with Crippen LogP contribution in [0.15, 0.2) is 18.2 Å². The van der Waals surface area contributed by atoms with Crippen molar-refractivity contribution in [2.75, 3.05) is 30.3 Å². The average molecular weight is 361 g/mol. The van der Waals surface area contributed by atoms with E-state index in [2.05, 4.69) is 5.32 Å². The highest BCUT2D eigenvalue weighted by atomic mass is 32.2. The molecule has 1 aromatic carbocycles. The Kier molecular flexibility index (Phi) is 5.32. The molecule has 1 saturated heterocycles. The maximum Gasteiger partial charge on any atom is 0.282 e. The zero-order valence-electron chi connectivity index (χ0n) is 14.6. The third-order valence-corrected chi connectivity index (χ3v) is 5.28. The quantitative estimate of drug-likeness (QED) is 0.893. The number of nitrogens with one attached hydrogen (secondary N) is 1. The van der Waals surface area contributed by atoms with Crippen LogP contribution in [0.3, 0.4) is 0 Å². The molecule has 0 aromatic heterocycles. The summed E-state index contributed by atoms with van der Waals surface area (Å²) in [6.45, 7) is 5.19. The first-order chi connectivity index (χ1) is 12.0. The van der Waals surface area contributed by atoms with E-state index in [0.29, 0.717) is 18.7 Å². The normalized spacial score (nSPS) is 17.0. The Labute approximate surface area is 151 Å². The van der Waals surface area contributed by atoms with Crippen LogP contribution in [0, 0.1) is 0 Å².